The molecule has 0 aliphatic rings. The van der Waals surface area contributed by atoms with Gasteiger partial charge in [-0.15, -0.1) is 0 Å². The largest absolute Gasteiger partial charge is 0.395 e. The van der Waals surface area contributed by atoms with E-state index in [2.05, 4.69) is 0 Å². The summed E-state index contributed by atoms with van der Waals surface area (Å²) in [6.07, 6.45) is 0.773. The normalized spacial score (nSPS) is 10.3. The second-order valence-corrected chi connectivity index (χ2v) is 2.68. The number of methoxy groups -OCH3 is 1. The number of carbonyl (C=O) groups is 1. The Hall–Kier alpha value is -1.13. The molecule has 13 heavy (non-hydrogen) atoms. The Labute approximate surface area is 76.7 Å². The van der Waals surface area contributed by atoms with Crippen molar-refractivity contribution in [2.24, 2.45) is 0 Å². The Bertz CT molecular complexity index is 280. The van der Waals surface area contributed by atoms with Gasteiger partial charge in [0.05, 0.1) is 18.9 Å². The highest BCUT2D eigenvalue weighted by Crippen LogP contribution is 2.08. The van der Waals surface area contributed by atoms with E-state index in [1.807, 2.05) is 6.07 Å². The van der Waals surface area contributed by atoms with Crippen LogP contribution in [0.3, 0.4) is 0 Å². The van der Waals surface area contributed by atoms with E-state index in [1.54, 1.807) is 17.7 Å². The number of aliphatic hydroxyl groups is 1. The molecule has 0 aliphatic carbocycles. The molecule has 0 amide bonds. The lowest BCUT2D eigenvalue weighted by Crippen LogP contribution is -2.09. The summed E-state index contributed by atoms with van der Waals surface area (Å²) in [5, 5.41) is 8.77. The minimum Gasteiger partial charge on any atom is -0.395 e. The molecule has 4 heteroatoms. The Kier molecular flexibility index (Phi) is 3.67. The van der Waals surface area contributed by atoms with Crippen molar-refractivity contribution in [3.63, 3.8) is 0 Å². The first-order valence-corrected chi connectivity index (χ1v) is 4.07. The monoisotopic (exact) mass is 183 g/mol. The van der Waals surface area contributed by atoms with E-state index in [9.17, 15) is 4.79 Å². The van der Waals surface area contributed by atoms with Crippen molar-refractivity contribution in [2.45, 2.75) is 13.2 Å². The Morgan fingerprint density at radius 1 is 1.62 bits per heavy atom. The molecule has 0 spiro atoms. The summed E-state index contributed by atoms with van der Waals surface area (Å²) in [6.45, 7) is 0.903. The summed E-state index contributed by atoms with van der Waals surface area (Å²) < 4.78 is 6.70. The van der Waals surface area contributed by atoms with Gasteiger partial charge in [0.2, 0.25) is 0 Å². The maximum atomic E-state index is 10.6. The molecule has 0 saturated carbocycles. The minimum atomic E-state index is 0.0201. The molecule has 0 aromatic carbocycles. The summed E-state index contributed by atoms with van der Waals surface area (Å²) in [4.78, 5) is 10.6. The molecule has 0 atom stereocenters. The van der Waals surface area contributed by atoms with Crippen molar-refractivity contribution < 1.29 is 14.6 Å². The lowest BCUT2D eigenvalue weighted by molar-refractivity contribution is 0.111. The molecule has 1 rings (SSSR count). The van der Waals surface area contributed by atoms with Gasteiger partial charge < -0.3 is 14.4 Å². The van der Waals surface area contributed by atoms with E-state index in [1.165, 1.54) is 0 Å². The zero-order chi connectivity index (χ0) is 9.68. The van der Waals surface area contributed by atoms with Gasteiger partial charge in [-0.1, -0.05) is 0 Å². The molecular formula is C9H13NO3. The first kappa shape index (κ1) is 9.95. The fourth-order valence-electron chi connectivity index (χ4n) is 1.28. The molecule has 0 unspecified atom stereocenters. The van der Waals surface area contributed by atoms with Crippen molar-refractivity contribution in [2.75, 3.05) is 13.7 Å². The number of aldehydes is 1. The van der Waals surface area contributed by atoms with Gasteiger partial charge in [0, 0.05) is 19.3 Å². The van der Waals surface area contributed by atoms with E-state index in [0.29, 0.717) is 18.8 Å². The third-order valence-electron chi connectivity index (χ3n) is 1.84. The van der Waals surface area contributed by atoms with Gasteiger partial charge in [-0.25, -0.2) is 0 Å². The number of ether oxygens (including phenoxy) is 1. The minimum absolute atomic E-state index is 0.0201. The van der Waals surface area contributed by atoms with E-state index >= 15 is 0 Å². The molecule has 4 nitrogen and oxygen atoms in total. The number of carbonyl (C=O) groups excluding carboxylic acids is 1. The second-order valence-electron chi connectivity index (χ2n) is 2.68. The zero-order valence-corrected chi connectivity index (χ0v) is 7.56. The smallest absolute Gasteiger partial charge is 0.166 e. The number of rotatable bonds is 5. The number of hydrogen-bond acceptors (Lipinski definition) is 3. The van der Waals surface area contributed by atoms with Gasteiger partial charge in [0.15, 0.2) is 6.29 Å². The molecule has 0 aliphatic heterocycles. The average molecular weight is 183 g/mol. The highest BCUT2D eigenvalue weighted by molar-refractivity contribution is 5.72. The van der Waals surface area contributed by atoms with Crippen LogP contribution in [0.1, 0.15) is 16.2 Å². The fraction of sp³-hybridized carbons (Fsp3) is 0.444. The van der Waals surface area contributed by atoms with Crippen LogP contribution in [-0.2, 0) is 17.9 Å². The second kappa shape index (κ2) is 4.79. The Morgan fingerprint density at radius 2 is 2.38 bits per heavy atom. The fourth-order valence-corrected chi connectivity index (χ4v) is 1.28. The summed E-state index contributed by atoms with van der Waals surface area (Å²) in [5.41, 5.74) is 1.47. The van der Waals surface area contributed by atoms with Crippen LogP contribution in [0.2, 0.25) is 0 Å². The lowest BCUT2D eigenvalue weighted by Gasteiger charge is -2.07. The molecule has 0 saturated heterocycles. The Balaban J connectivity index is 2.91. The third kappa shape index (κ3) is 2.17. The maximum absolute atomic E-state index is 10.6. The predicted molar refractivity (Wildman–Crippen MR) is 47.6 cm³/mol. The van der Waals surface area contributed by atoms with E-state index in [0.717, 1.165) is 12.0 Å². The van der Waals surface area contributed by atoms with Gasteiger partial charge in [0.25, 0.3) is 0 Å². The molecule has 1 aromatic rings. The van der Waals surface area contributed by atoms with Crippen LogP contribution < -0.4 is 0 Å². The number of hydrogen-bond donors (Lipinski definition) is 1. The molecule has 1 heterocycles. The molecule has 1 N–H and O–H groups in total. The topological polar surface area (TPSA) is 51.5 Å². The highest BCUT2D eigenvalue weighted by Gasteiger charge is 2.05. The summed E-state index contributed by atoms with van der Waals surface area (Å²) >= 11 is 0. The maximum Gasteiger partial charge on any atom is 0.166 e. The standard InChI is InChI=1S/C9H13NO3/c1-13-7-9-3-2-8(6-12)10(9)4-5-11/h2-3,6,11H,4-5,7H2,1H3. The predicted octanol–water partition coefficient (Wildman–Crippen LogP) is 0.439. The van der Waals surface area contributed by atoms with Crippen LogP contribution in [0.5, 0.6) is 0 Å². The van der Waals surface area contributed by atoms with Crippen LogP contribution in [0.4, 0.5) is 0 Å². The molecule has 1 aromatic heterocycles. The number of nitrogens with zero attached hydrogens (tertiary/aromatic N) is 1. The SMILES string of the molecule is COCc1ccc(C=O)n1CCO. The van der Waals surface area contributed by atoms with Crippen molar-refractivity contribution >= 4 is 6.29 Å². The summed E-state index contributed by atoms with van der Waals surface area (Å²) in [5.74, 6) is 0. The van der Waals surface area contributed by atoms with Gasteiger partial charge in [0.1, 0.15) is 0 Å². The van der Waals surface area contributed by atoms with Gasteiger partial charge in [-0.2, -0.15) is 0 Å². The van der Waals surface area contributed by atoms with Crippen LogP contribution in [0, 0.1) is 0 Å². The number of aliphatic hydroxyl groups excluding tert-OH is 1. The van der Waals surface area contributed by atoms with Crippen LogP contribution >= 0.6 is 0 Å². The van der Waals surface area contributed by atoms with Crippen molar-refractivity contribution in [1.82, 2.24) is 4.57 Å². The van der Waals surface area contributed by atoms with E-state index < -0.39 is 0 Å². The molecule has 72 valence electrons. The molecular weight excluding hydrogens is 170 g/mol. The summed E-state index contributed by atoms with van der Waals surface area (Å²) in [6, 6.07) is 3.54. The number of aromatic nitrogens is 1. The van der Waals surface area contributed by atoms with Crippen molar-refractivity contribution in [3.8, 4) is 0 Å². The zero-order valence-electron chi connectivity index (χ0n) is 7.56. The van der Waals surface area contributed by atoms with Crippen LogP contribution in [0.25, 0.3) is 0 Å². The third-order valence-corrected chi connectivity index (χ3v) is 1.84. The van der Waals surface area contributed by atoms with Crippen LogP contribution in [-0.4, -0.2) is 29.7 Å². The summed E-state index contributed by atoms with van der Waals surface area (Å²) in [7, 11) is 1.59. The van der Waals surface area contributed by atoms with Gasteiger partial charge in [-0.3, -0.25) is 4.79 Å². The first-order valence-electron chi connectivity index (χ1n) is 4.07. The Morgan fingerprint density at radius 3 is 2.92 bits per heavy atom. The van der Waals surface area contributed by atoms with E-state index in [4.69, 9.17) is 9.84 Å². The van der Waals surface area contributed by atoms with Crippen molar-refractivity contribution in [3.05, 3.63) is 23.5 Å². The first-order chi connectivity index (χ1) is 6.33. The lowest BCUT2D eigenvalue weighted by atomic mass is 10.4. The molecule has 0 fully saturated rings. The highest BCUT2D eigenvalue weighted by atomic mass is 16.5. The van der Waals surface area contributed by atoms with E-state index in [-0.39, 0.29) is 6.61 Å². The van der Waals surface area contributed by atoms with Crippen LogP contribution in [0.15, 0.2) is 12.1 Å². The average Bonchev–Trinajstić information content (AvgIpc) is 2.50. The molecule has 0 bridgehead atoms. The van der Waals surface area contributed by atoms with Gasteiger partial charge >= 0.3 is 0 Å². The van der Waals surface area contributed by atoms with Crippen molar-refractivity contribution in [1.29, 1.82) is 0 Å². The molecule has 0 radical (unpaired) electrons. The quantitative estimate of drug-likeness (QED) is 0.674. The van der Waals surface area contributed by atoms with Gasteiger partial charge in [-0.05, 0) is 12.1 Å².